The Bertz CT molecular complexity index is 127. The summed E-state index contributed by atoms with van der Waals surface area (Å²) >= 11 is 0. The van der Waals surface area contributed by atoms with Gasteiger partial charge in [-0.1, -0.05) is 0 Å². The van der Waals surface area contributed by atoms with Crippen LogP contribution in [0.1, 0.15) is 20.8 Å². The van der Waals surface area contributed by atoms with Crippen molar-refractivity contribution in [3.63, 3.8) is 0 Å². The van der Waals surface area contributed by atoms with Crippen LogP contribution in [0.4, 0.5) is 0 Å². The van der Waals surface area contributed by atoms with Gasteiger partial charge in [0.05, 0.1) is 20.1 Å². The van der Waals surface area contributed by atoms with Gasteiger partial charge in [-0.2, -0.15) is 0 Å². The van der Waals surface area contributed by atoms with E-state index < -0.39 is 0 Å². The molecule has 0 aromatic rings. The molecule has 0 bridgehead atoms. The molecule has 2 nitrogen and oxygen atoms in total. The van der Waals surface area contributed by atoms with Crippen LogP contribution in [0.15, 0.2) is 0 Å². The summed E-state index contributed by atoms with van der Waals surface area (Å²) in [6.07, 6.45) is 0. The van der Waals surface area contributed by atoms with Gasteiger partial charge in [-0.25, -0.2) is 0 Å². The van der Waals surface area contributed by atoms with Gasteiger partial charge in [0.15, 0.2) is 5.78 Å². The Morgan fingerprint density at radius 1 is 1.40 bits per heavy atom. The second-order valence-corrected chi connectivity index (χ2v) is 3.73. The largest absolute Gasteiger partial charge is 0.320 e. The van der Waals surface area contributed by atoms with Crippen molar-refractivity contribution in [3.8, 4) is 0 Å². The molecular formula is C8H18NO+. The van der Waals surface area contributed by atoms with Crippen molar-refractivity contribution in [2.75, 3.05) is 20.6 Å². The molecular weight excluding hydrogens is 126 g/mol. The second-order valence-electron chi connectivity index (χ2n) is 3.73. The number of Topliss-reactive ketones (excluding diaryl/α,β-unsaturated/α-hetero) is 1. The highest BCUT2D eigenvalue weighted by atomic mass is 16.1. The van der Waals surface area contributed by atoms with Gasteiger partial charge < -0.3 is 4.48 Å². The van der Waals surface area contributed by atoms with Crippen molar-refractivity contribution < 1.29 is 9.28 Å². The van der Waals surface area contributed by atoms with Crippen LogP contribution in [0.25, 0.3) is 0 Å². The van der Waals surface area contributed by atoms with E-state index in [-0.39, 0.29) is 5.78 Å². The van der Waals surface area contributed by atoms with Crippen molar-refractivity contribution in [3.05, 3.63) is 0 Å². The molecule has 10 heavy (non-hydrogen) atoms. The highest BCUT2D eigenvalue weighted by Crippen LogP contribution is 2.04. The molecule has 0 heterocycles. The summed E-state index contributed by atoms with van der Waals surface area (Å²) in [6.45, 7) is 6.53. The van der Waals surface area contributed by atoms with Crippen LogP contribution < -0.4 is 0 Å². The summed E-state index contributed by atoms with van der Waals surface area (Å²) in [7, 11) is 4.15. The molecule has 0 aromatic carbocycles. The van der Waals surface area contributed by atoms with Gasteiger partial charge in [0, 0.05) is 6.92 Å². The first kappa shape index (κ1) is 9.63. The number of carbonyl (C=O) groups excluding carboxylic acids is 1. The summed E-state index contributed by atoms with van der Waals surface area (Å²) in [5, 5.41) is 0. The van der Waals surface area contributed by atoms with E-state index in [1.54, 1.807) is 6.92 Å². The van der Waals surface area contributed by atoms with E-state index in [9.17, 15) is 4.79 Å². The molecule has 0 fully saturated rings. The Balaban J connectivity index is 3.99. The van der Waals surface area contributed by atoms with E-state index in [0.29, 0.717) is 12.6 Å². The summed E-state index contributed by atoms with van der Waals surface area (Å²) in [6, 6.07) is 0.517. The fourth-order valence-electron chi connectivity index (χ4n) is 0.756. The highest BCUT2D eigenvalue weighted by molar-refractivity contribution is 5.76. The number of rotatable bonds is 3. The number of quaternary nitrogens is 1. The Labute approximate surface area is 63.4 Å². The predicted octanol–water partition coefficient (Wildman–Crippen LogP) is 1.06. The Hall–Kier alpha value is -0.370. The maximum Gasteiger partial charge on any atom is 0.183 e. The van der Waals surface area contributed by atoms with E-state index in [1.165, 1.54) is 0 Å². The van der Waals surface area contributed by atoms with E-state index in [4.69, 9.17) is 0 Å². The van der Waals surface area contributed by atoms with E-state index in [1.807, 2.05) is 0 Å². The molecule has 0 aliphatic heterocycles. The molecule has 0 spiro atoms. The highest BCUT2D eigenvalue weighted by Gasteiger charge is 2.20. The van der Waals surface area contributed by atoms with Gasteiger partial charge >= 0.3 is 0 Å². The summed E-state index contributed by atoms with van der Waals surface area (Å²) in [5.74, 6) is 0.263. The molecule has 0 aliphatic rings. The van der Waals surface area contributed by atoms with Gasteiger partial charge in [-0.3, -0.25) is 4.79 Å². The second kappa shape index (κ2) is 3.15. The lowest BCUT2D eigenvalue weighted by Crippen LogP contribution is -2.48. The van der Waals surface area contributed by atoms with Crippen LogP contribution in [-0.2, 0) is 4.79 Å². The van der Waals surface area contributed by atoms with E-state index in [2.05, 4.69) is 27.9 Å². The molecule has 0 saturated carbocycles. The fraction of sp³-hybridized carbons (Fsp3) is 0.875. The predicted molar refractivity (Wildman–Crippen MR) is 42.8 cm³/mol. The standard InChI is InChI=1S/C8H18NO/c1-7(2)9(4,5)6-8(3)10/h7H,6H2,1-5H3/q+1. The minimum absolute atomic E-state index is 0.263. The summed E-state index contributed by atoms with van der Waals surface area (Å²) < 4.78 is 0.787. The minimum atomic E-state index is 0.263. The molecule has 0 rings (SSSR count). The number of hydrogen-bond donors (Lipinski definition) is 0. The molecule has 0 amide bonds. The Kier molecular flexibility index (Phi) is 3.03. The normalized spacial score (nSPS) is 12.2. The molecule has 0 atom stereocenters. The molecule has 0 aromatic heterocycles. The first-order valence-electron chi connectivity index (χ1n) is 3.68. The van der Waals surface area contributed by atoms with Crippen molar-refractivity contribution in [2.45, 2.75) is 26.8 Å². The zero-order chi connectivity index (χ0) is 8.36. The summed E-state index contributed by atoms with van der Waals surface area (Å²) in [4.78, 5) is 10.7. The van der Waals surface area contributed by atoms with E-state index in [0.717, 1.165) is 4.48 Å². The van der Waals surface area contributed by atoms with Crippen molar-refractivity contribution >= 4 is 5.78 Å². The first-order chi connectivity index (χ1) is 4.36. The van der Waals surface area contributed by atoms with Crippen LogP contribution in [0.2, 0.25) is 0 Å². The van der Waals surface area contributed by atoms with Crippen molar-refractivity contribution in [1.82, 2.24) is 0 Å². The average molecular weight is 144 g/mol. The summed E-state index contributed by atoms with van der Waals surface area (Å²) in [5.41, 5.74) is 0. The number of ketones is 1. The zero-order valence-electron chi connectivity index (χ0n) is 7.64. The quantitative estimate of drug-likeness (QED) is 0.541. The van der Waals surface area contributed by atoms with Gasteiger partial charge in [-0.15, -0.1) is 0 Å². The van der Waals surface area contributed by atoms with E-state index >= 15 is 0 Å². The number of carbonyl (C=O) groups is 1. The van der Waals surface area contributed by atoms with Gasteiger partial charge in [0.1, 0.15) is 6.54 Å². The Morgan fingerprint density at radius 2 is 1.80 bits per heavy atom. The van der Waals surface area contributed by atoms with Crippen LogP contribution in [0, 0.1) is 0 Å². The van der Waals surface area contributed by atoms with Crippen LogP contribution in [-0.4, -0.2) is 36.9 Å². The molecule has 0 radical (unpaired) electrons. The van der Waals surface area contributed by atoms with Gasteiger partial charge in [0.2, 0.25) is 0 Å². The zero-order valence-corrected chi connectivity index (χ0v) is 7.64. The average Bonchev–Trinajstić information content (AvgIpc) is 1.60. The maximum atomic E-state index is 10.7. The topological polar surface area (TPSA) is 17.1 Å². The molecule has 0 aliphatic carbocycles. The van der Waals surface area contributed by atoms with Crippen molar-refractivity contribution in [2.24, 2.45) is 0 Å². The van der Waals surface area contributed by atoms with Crippen LogP contribution >= 0.6 is 0 Å². The molecule has 0 N–H and O–H groups in total. The maximum absolute atomic E-state index is 10.7. The molecule has 60 valence electrons. The number of likely N-dealkylation sites (N-methyl/N-ethyl adjacent to an activating group) is 1. The third-order valence-electron chi connectivity index (χ3n) is 2.03. The lowest BCUT2D eigenvalue weighted by Gasteiger charge is -2.32. The lowest BCUT2D eigenvalue weighted by molar-refractivity contribution is -0.903. The molecule has 0 saturated heterocycles. The first-order valence-corrected chi connectivity index (χ1v) is 3.68. The fourth-order valence-corrected chi connectivity index (χ4v) is 0.756. The molecule has 0 unspecified atom stereocenters. The van der Waals surface area contributed by atoms with Crippen LogP contribution in [0.3, 0.4) is 0 Å². The SMILES string of the molecule is CC(=O)C[N+](C)(C)C(C)C. The Morgan fingerprint density at radius 3 is 1.90 bits per heavy atom. The third kappa shape index (κ3) is 2.97. The number of nitrogens with zero attached hydrogens (tertiary/aromatic N) is 1. The lowest BCUT2D eigenvalue weighted by atomic mass is 10.2. The number of hydrogen-bond acceptors (Lipinski definition) is 1. The molecule has 2 heteroatoms. The smallest absolute Gasteiger partial charge is 0.183 e. The monoisotopic (exact) mass is 144 g/mol. The third-order valence-corrected chi connectivity index (χ3v) is 2.03. The minimum Gasteiger partial charge on any atom is -0.320 e. The van der Waals surface area contributed by atoms with Gasteiger partial charge in [0.25, 0.3) is 0 Å². The van der Waals surface area contributed by atoms with Gasteiger partial charge in [-0.05, 0) is 13.8 Å². The van der Waals surface area contributed by atoms with Crippen LogP contribution in [0.5, 0.6) is 0 Å². The van der Waals surface area contributed by atoms with Crippen molar-refractivity contribution in [1.29, 1.82) is 0 Å².